The maximum absolute atomic E-state index is 11.7. The van der Waals surface area contributed by atoms with E-state index in [4.69, 9.17) is 5.26 Å². The molecule has 16 heavy (non-hydrogen) atoms. The molecular formula is C11H13N3OS. The molecule has 1 unspecified atom stereocenters. The van der Waals surface area contributed by atoms with Crippen LogP contribution in [0.5, 0.6) is 0 Å². The van der Waals surface area contributed by atoms with E-state index in [2.05, 4.69) is 9.69 Å². The molecule has 0 spiro atoms. The van der Waals surface area contributed by atoms with Gasteiger partial charge in [0, 0.05) is 0 Å². The standard InChI is InChI=1S/C11H13N3OS/c1-7(2)4-9(6-12)13-11(15)10-5-8(3)14-16-10/h4-5,9H,1-3H3,(H,13,15). The van der Waals surface area contributed by atoms with Crippen LogP contribution >= 0.6 is 11.5 Å². The Kier molecular flexibility index (Phi) is 4.20. The Labute approximate surface area is 98.8 Å². The van der Waals surface area contributed by atoms with Crippen molar-refractivity contribution in [2.24, 2.45) is 0 Å². The molecule has 84 valence electrons. The van der Waals surface area contributed by atoms with Crippen LogP contribution in [0.25, 0.3) is 0 Å². The minimum atomic E-state index is -0.583. The number of amides is 1. The van der Waals surface area contributed by atoms with Gasteiger partial charge < -0.3 is 5.32 Å². The Morgan fingerprint density at radius 1 is 1.69 bits per heavy atom. The van der Waals surface area contributed by atoms with Gasteiger partial charge >= 0.3 is 0 Å². The van der Waals surface area contributed by atoms with Gasteiger partial charge in [0.25, 0.3) is 5.91 Å². The van der Waals surface area contributed by atoms with Crippen LogP contribution < -0.4 is 5.32 Å². The minimum absolute atomic E-state index is 0.255. The molecule has 5 heteroatoms. The molecular weight excluding hydrogens is 222 g/mol. The van der Waals surface area contributed by atoms with Crippen molar-refractivity contribution in [2.75, 3.05) is 0 Å². The van der Waals surface area contributed by atoms with Crippen molar-refractivity contribution in [1.29, 1.82) is 5.26 Å². The highest BCUT2D eigenvalue weighted by Crippen LogP contribution is 2.09. The maximum atomic E-state index is 11.7. The fraction of sp³-hybridized carbons (Fsp3) is 0.364. The monoisotopic (exact) mass is 235 g/mol. The highest BCUT2D eigenvalue weighted by atomic mass is 32.1. The van der Waals surface area contributed by atoms with Crippen LogP contribution in [0.4, 0.5) is 0 Å². The molecule has 1 aromatic rings. The topological polar surface area (TPSA) is 65.8 Å². The third kappa shape index (κ3) is 3.48. The van der Waals surface area contributed by atoms with E-state index < -0.39 is 6.04 Å². The summed E-state index contributed by atoms with van der Waals surface area (Å²) >= 11 is 1.14. The van der Waals surface area contributed by atoms with E-state index in [1.165, 1.54) is 0 Å². The second-order valence-corrected chi connectivity index (χ2v) is 4.46. The Morgan fingerprint density at radius 2 is 2.38 bits per heavy atom. The molecule has 4 nitrogen and oxygen atoms in total. The summed E-state index contributed by atoms with van der Waals surface area (Å²) in [5.41, 5.74) is 1.80. The third-order valence-corrected chi connectivity index (χ3v) is 2.66. The quantitative estimate of drug-likeness (QED) is 0.815. The summed E-state index contributed by atoms with van der Waals surface area (Å²) in [6, 6.07) is 3.14. The highest BCUT2D eigenvalue weighted by molar-refractivity contribution is 7.08. The van der Waals surface area contributed by atoms with E-state index in [0.29, 0.717) is 4.88 Å². The van der Waals surface area contributed by atoms with Gasteiger partial charge in [-0.25, -0.2) is 0 Å². The molecule has 0 radical (unpaired) electrons. The van der Waals surface area contributed by atoms with Gasteiger partial charge in [0.05, 0.1) is 11.8 Å². The van der Waals surface area contributed by atoms with Gasteiger partial charge in [-0.15, -0.1) is 0 Å². The molecule has 0 saturated heterocycles. The summed E-state index contributed by atoms with van der Waals surface area (Å²) in [7, 11) is 0. The van der Waals surface area contributed by atoms with Crippen molar-refractivity contribution >= 4 is 17.4 Å². The predicted molar refractivity (Wildman–Crippen MR) is 63.1 cm³/mol. The van der Waals surface area contributed by atoms with Gasteiger partial charge in [-0.2, -0.15) is 9.64 Å². The third-order valence-electron chi connectivity index (χ3n) is 1.78. The van der Waals surface area contributed by atoms with Gasteiger partial charge in [-0.05, 0) is 44.4 Å². The SMILES string of the molecule is CC(C)=CC(C#N)NC(=O)c1cc(C)ns1. The summed E-state index contributed by atoms with van der Waals surface area (Å²) in [4.78, 5) is 12.2. The fourth-order valence-electron chi connectivity index (χ4n) is 1.13. The summed E-state index contributed by atoms with van der Waals surface area (Å²) < 4.78 is 4.01. The van der Waals surface area contributed by atoms with E-state index in [1.807, 2.05) is 26.8 Å². The molecule has 0 aliphatic heterocycles. The number of hydrogen-bond acceptors (Lipinski definition) is 4. The predicted octanol–water partition coefficient (Wildman–Crippen LogP) is 2.04. The molecule has 0 aliphatic carbocycles. The van der Waals surface area contributed by atoms with Gasteiger partial charge in [0.1, 0.15) is 10.9 Å². The molecule has 1 rings (SSSR count). The van der Waals surface area contributed by atoms with Crippen LogP contribution in [-0.2, 0) is 0 Å². The van der Waals surface area contributed by atoms with Gasteiger partial charge in [0.15, 0.2) is 0 Å². The van der Waals surface area contributed by atoms with Crippen molar-refractivity contribution < 1.29 is 4.79 Å². The van der Waals surface area contributed by atoms with Crippen molar-refractivity contribution in [3.05, 3.63) is 28.3 Å². The largest absolute Gasteiger partial charge is 0.332 e. The Morgan fingerprint density at radius 3 is 2.81 bits per heavy atom. The first-order valence-electron chi connectivity index (χ1n) is 4.81. The first-order chi connectivity index (χ1) is 7.52. The lowest BCUT2D eigenvalue weighted by molar-refractivity contribution is 0.0955. The molecule has 0 saturated carbocycles. The zero-order valence-corrected chi connectivity index (χ0v) is 10.3. The number of allylic oxidation sites excluding steroid dienone is 1. The van der Waals surface area contributed by atoms with E-state index in [0.717, 1.165) is 22.8 Å². The molecule has 1 aromatic heterocycles. The lowest BCUT2D eigenvalue weighted by atomic mass is 10.2. The number of carbonyl (C=O) groups is 1. The van der Waals surface area contributed by atoms with Crippen LogP contribution in [-0.4, -0.2) is 16.3 Å². The molecule has 1 heterocycles. The summed E-state index contributed by atoms with van der Waals surface area (Å²) in [5.74, 6) is -0.255. The minimum Gasteiger partial charge on any atom is -0.332 e. The van der Waals surface area contributed by atoms with Crippen LogP contribution in [0.2, 0.25) is 0 Å². The number of aryl methyl sites for hydroxylation is 1. The number of aromatic nitrogens is 1. The number of nitrogens with one attached hydrogen (secondary N) is 1. The van der Waals surface area contributed by atoms with Crippen molar-refractivity contribution in [3.63, 3.8) is 0 Å². The number of carbonyl (C=O) groups excluding carboxylic acids is 1. The van der Waals surface area contributed by atoms with Crippen LogP contribution in [0.1, 0.15) is 29.2 Å². The van der Waals surface area contributed by atoms with Crippen molar-refractivity contribution in [2.45, 2.75) is 26.8 Å². The van der Waals surface area contributed by atoms with E-state index >= 15 is 0 Å². The first kappa shape index (κ1) is 12.4. The summed E-state index contributed by atoms with van der Waals surface area (Å²) in [6.45, 7) is 5.59. The number of nitriles is 1. The van der Waals surface area contributed by atoms with Gasteiger partial charge in [-0.1, -0.05) is 5.57 Å². The van der Waals surface area contributed by atoms with Crippen LogP contribution in [0.3, 0.4) is 0 Å². The second-order valence-electron chi connectivity index (χ2n) is 3.66. The lowest BCUT2D eigenvalue weighted by Crippen LogP contribution is -2.31. The fourth-order valence-corrected chi connectivity index (χ4v) is 1.79. The Hall–Kier alpha value is -1.67. The lowest BCUT2D eigenvalue weighted by Gasteiger charge is -2.06. The van der Waals surface area contributed by atoms with Gasteiger partial charge in [-0.3, -0.25) is 4.79 Å². The zero-order chi connectivity index (χ0) is 12.1. The average Bonchev–Trinajstić information content (AvgIpc) is 2.63. The van der Waals surface area contributed by atoms with Gasteiger partial charge in [0.2, 0.25) is 0 Å². The Balaban J connectivity index is 2.71. The molecule has 0 fully saturated rings. The molecule has 0 aromatic carbocycles. The molecule has 1 atom stereocenters. The zero-order valence-electron chi connectivity index (χ0n) is 9.44. The molecule has 1 amide bonds. The summed E-state index contributed by atoms with van der Waals surface area (Å²) in [6.07, 6.45) is 1.71. The average molecular weight is 235 g/mol. The Bertz CT molecular complexity index is 452. The van der Waals surface area contributed by atoms with Crippen molar-refractivity contribution in [3.8, 4) is 6.07 Å². The van der Waals surface area contributed by atoms with E-state index in [9.17, 15) is 4.79 Å². The highest BCUT2D eigenvalue weighted by Gasteiger charge is 2.13. The number of rotatable bonds is 3. The molecule has 0 aliphatic rings. The van der Waals surface area contributed by atoms with E-state index in [-0.39, 0.29) is 5.91 Å². The van der Waals surface area contributed by atoms with Crippen LogP contribution in [0.15, 0.2) is 17.7 Å². The normalized spacial score (nSPS) is 11.4. The van der Waals surface area contributed by atoms with E-state index in [1.54, 1.807) is 12.1 Å². The smallest absolute Gasteiger partial charge is 0.264 e. The maximum Gasteiger partial charge on any atom is 0.264 e. The van der Waals surface area contributed by atoms with Crippen molar-refractivity contribution in [1.82, 2.24) is 9.69 Å². The summed E-state index contributed by atoms with van der Waals surface area (Å²) in [5, 5.41) is 11.5. The second kappa shape index (κ2) is 5.42. The first-order valence-corrected chi connectivity index (χ1v) is 5.59. The number of hydrogen-bond donors (Lipinski definition) is 1. The molecule has 1 N–H and O–H groups in total. The number of nitrogens with zero attached hydrogens (tertiary/aromatic N) is 2. The molecule has 0 bridgehead atoms. The van der Waals surface area contributed by atoms with Crippen LogP contribution in [0, 0.1) is 18.3 Å².